The largest absolute Gasteiger partial charge is 0.486 e. The first-order chi connectivity index (χ1) is 12.0. The van der Waals surface area contributed by atoms with Crippen molar-refractivity contribution in [3.8, 4) is 17.0 Å². The Morgan fingerprint density at radius 3 is 2.44 bits per heavy atom. The highest BCUT2D eigenvalue weighted by molar-refractivity contribution is 5.96. The zero-order chi connectivity index (χ0) is 18.0. The summed E-state index contributed by atoms with van der Waals surface area (Å²) in [6.07, 6.45) is 0. The second kappa shape index (κ2) is 6.63. The third-order valence-electron chi connectivity index (χ3n) is 3.40. The van der Waals surface area contributed by atoms with Gasteiger partial charge in [0.25, 0.3) is 5.91 Å². The molecule has 0 aliphatic rings. The number of hydrogen-bond acceptors (Lipinski definition) is 4. The van der Waals surface area contributed by atoms with Crippen LogP contribution in [0.2, 0.25) is 0 Å². The molecule has 1 aromatic heterocycles. The van der Waals surface area contributed by atoms with Crippen LogP contribution in [0.3, 0.4) is 0 Å². The number of carbonyl (C=O) groups excluding carboxylic acids is 1. The molecule has 25 heavy (non-hydrogen) atoms. The van der Waals surface area contributed by atoms with Crippen LogP contribution >= 0.6 is 0 Å². The molecule has 128 valence electrons. The molecule has 0 radical (unpaired) electrons. The topological polar surface area (TPSA) is 93.9 Å². The quantitative estimate of drug-likeness (QED) is 0.693. The van der Waals surface area contributed by atoms with E-state index in [0.29, 0.717) is 16.8 Å². The Labute approximate surface area is 139 Å². The lowest BCUT2D eigenvalue weighted by Crippen LogP contribution is -2.12. The van der Waals surface area contributed by atoms with Gasteiger partial charge in [0.05, 0.1) is 0 Å². The summed E-state index contributed by atoms with van der Waals surface area (Å²) in [6.45, 7) is -0.0657. The summed E-state index contributed by atoms with van der Waals surface area (Å²) < 4.78 is 44.7. The number of primary amides is 1. The lowest BCUT2D eigenvalue weighted by Gasteiger charge is -2.08. The summed E-state index contributed by atoms with van der Waals surface area (Å²) in [6, 6.07) is 8.37. The molecule has 2 aromatic carbocycles. The first-order valence-electron chi connectivity index (χ1n) is 7.03. The van der Waals surface area contributed by atoms with E-state index in [2.05, 4.69) is 15.4 Å². The van der Waals surface area contributed by atoms with Gasteiger partial charge in [-0.2, -0.15) is 19.8 Å². The minimum atomic E-state index is -1.59. The van der Waals surface area contributed by atoms with Gasteiger partial charge >= 0.3 is 0 Å². The first-order valence-corrected chi connectivity index (χ1v) is 7.03. The number of H-pyrrole nitrogens is 1. The monoisotopic (exact) mass is 348 g/mol. The molecule has 0 fully saturated rings. The van der Waals surface area contributed by atoms with Crippen molar-refractivity contribution >= 4 is 5.91 Å². The van der Waals surface area contributed by atoms with Crippen LogP contribution < -0.4 is 10.5 Å². The SMILES string of the molecule is NC(=O)c1n[nH]nc1-c1ccc(COc2ccc(F)c(F)c2F)cc1. The van der Waals surface area contributed by atoms with Gasteiger partial charge in [-0.15, -0.1) is 0 Å². The fourth-order valence-corrected chi connectivity index (χ4v) is 2.14. The van der Waals surface area contributed by atoms with E-state index < -0.39 is 29.1 Å². The minimum absolute atomic E-state index is 0.00728. The smallest absolute Gasteiger partial charge is 0.271 e. The predicted molar refractivity (Wildman–Crippen MR) is 81.0 cm³/mol. The Kier molecular flexibility index (Phi) is 4.38. The summed E-state index contributed by atoms with van der Waals surface area (Å²) in [5.41, 5.74) is 6.73. The summed E-state index contributed by atoms with van der Waals surface area (Å²) >= 11 is 0. The molecule has 0 bridgehead atoms. The Morgan fingerprint density at radius 2 is 1.76 bits per heavy atom. The summed E-state index contributed by atoms with van der Waals surface area (Å²) in [7, 11) is 0. The zero-order valence-electron chi connectivity index (χ0n) is 12.6. The second-order valence-corrected chi connectivity index (χ2v) is 5.04. The van der Waals surface area contributed by atoms with Crippen molar-refractivity contribution in [3.63, 3.8) is 0 Å². The normalized spacial score (nSPS) is 10.7. The maximum atomic E-state index is 13.5. The summed E-state index contributed by atoms with van der Waals surface area (Å²) in [5, 5.41) is 9.86. The molecule has 0 aliphatic heterocycles. The van der Waals surface area contributed by atoms with Crippen molar-refractivity contribution in [2.24, 2.45) is 5.73 Å². The number of aromatic amines is 1. The average Bonchev–Trinajstić information content (AvgIpc) is 3.10. The van der Waals surface area contributed by atoms with Gasteiger partial charge in [0.1, 0.15) is 12.3 Å². The number of carbonyl (C=O) groups is 1. The van der Waals surface area contributed by atoms with Gasteiger partial charge in [-0.3, -0.25) is 4.79 Å². The number of benzene rings is 2. The number of nitrogens with one attached hydrogen (secondary N) is 1. The Morgan fingerprint density at radius 1 is 1.04 bits per heavy atom. The van der Waals surface area contributed by atoms with Crippen molar-refractivity contribution < 1.29 is 22.7 Å². The van der Waals surface area contributed by atoms with Gasteiger partial charge in [-0.25, -0.2) is 8.78 Å². The second-order valence-electron chi connectivity index (χ2n) is 5.04. The zero-order valence-corrected chi connectivity index (χ0v) is 12.6. The van der Waals surface area contributed by atoms with E-state index in [0.717, 1.165) is 12.1 Å². The van der Waals surface area contributed by atoms with Crippen LogP contribution in [0.25, 0.3) is 11.3 Å². The molecular formula is C16H11F3N4O2. The van der Waals surface area contributed by atoms with E-state index in [4.69, 9.17) is 10.5 Å². The number of rotatable bonds is 5. The van der Waals surface area contributed by atoms with Crippen molar-refractivity contribution in [1.29, 1.82) is 0 Å². The van der Waals surface area contributed by atoms with Gasteiger partial charge < -0.3 is 10.5 Å². The highest BCUT2D eigenvalue weighted by Gasteiger charge is 2.16. The number of ether oxygens (including phenoxy) is 1. The highest BCUT2D eigenvalue weighted by atomic mass is 19.2. The summed E-state index contributed by atoms with van der Waals surface area (Å²) in [5.74, 6) is -5.37. The van der Waals surface area contributed by atoms with E-state index in [9.17, 15) is 18.0 Å². The Balaban J connectivity index is 1.74. The molecule has 0 atom stereocenters. The standard InChI is InChI=1S/C16H11F3N4O2/c17-10-5-6-11(13(19)12(10)18)25-7-8-1-3-9(4-2-8)14-15(16(20)24)22-23-21-14/h1-6H,7H2,(H2,20,24)(H,21,22,23). The molecule has 0 saturated heterocycles. The van der Waals surface area contributed by atoms with Crippen LogP contribution in [-0.2, 0) is 6.61 Å². The number of hydrogen-bond donors (Lipinski definition) is 2. The van der Waals surface area contributed by atoms with E-state index in [1.807, 2.05) is 0 Å². The van der Waals surface area contributed by atoms with E-state index >= 15 is 0 Å². The molecule has 3 N–H and O–H groups in total. The molecule has 0 unspecified atom stereocenters. The Bertz CT molecular complexity index is 926. The maximum Gasteiger partial charge on any atom is 0.271 e. The molecule has 9 heteroatoms. The number of amides is 1. The third-order valence-corrected chi connectivity index (χ3v) is 3.40. The van der Waals surface area contributed by atoms with E-state index in [-0.39, 0.29) is 12.3 Å². The number of halogens is 3. The molecule has 1 amide bonds. The van der Waals surface area contributed by atoms with Crippen LogP contribution in [0.15, 0.2) is 36.4 Å². The molecule has 3 rings (SSSR count). The average molecular weight is 348 g/mol. The van der Waals surface area contributed by atoms with Crippen molar-refractivity contribution in [2.75, 3.05) is 0 Å². The van der Waals surface area contributed by atoms with Crippen LogP contribution in [-0.4, -0.2) is 21.3 Å². The molecule has 0 saturated carbocycles. The Hall–Kier alpha value is -3.36. The van der Waals surface area contributed by atoms with Gasteiger partial charge in [0, 0.05) is 5.56 Å². The van der Waals surface area contributed by atoms with Crippen LogP contribution in [0.4, 0.5) is 13.2 Å². The molecular weight excluding hydrogens is 337 g/mol. The van der Waals surface area contributed by atoms with Crippen LogP contribution in [0, 0.1) is 17.5 Å². The third kappa shape index (κ3) is 3.30. The minimum Gasteiger partial charge on any atom is -0.486 e. The van der Waals surface area contributed by atoms with E-state index in [1.54, 1.807) is 24.3 Å². The van der Waals surface area contributed by atoms with Gasteiger partial charge in [0.15, 0.2) is 23.1 Å². The lowest BCUT2D eigenvalue weighted by molar-refractivity contribution is 0.0996. The van der Waals surface area contributed by atoms with Crippen LogP contribution in [0.1, 0.15) is 16.1 Å². The van der Waals surface area contributed by atoms with E-state index in [1.165, 1.54) is 0 Å². The van der Waals surface area contributed by atoms with Gasteiger partial charge in [-0.1, -0.05) is 24.3 Å². The first kappa shape index (κ1) is 16.5. The summed E-state index contributed by atoms with van der Waals surface area (Å²) in [4.78, 5) is 11.3. The van der Waals surface area contributed by atoms with Crippen molar-refractivity contribution in [2.45, 2.75) is 6.61 Å². The number of nitrogens with zero attached hydrogens (tertiary/aromatic N) is 2. The molecule has 0 spiro atoms. The van der Waals surface area contributed by atoms with Crippen molar-refractivity contribution in [1.82, 2.24) is 15.4 Å². The number of nitrogens with two attached hydrogens (primary N) is 1. The lowest BCUT2D eigenvalue weighted by atomic mass is 10.1. The van der Waals surface area contributed by atoms with Gasteiger partial charge in [-0.05, 0) is 17.7 Å². The number of aromatic nitrogens is 3. The van der Waals surface area contributed by atoms with Gasteiger partial charge in [0.2, 0.25) is 5.82 Å². The maximum absolute atomic E-state index is 13.5. The molecule has 3 aromatic rings. The predicted octanol–water partition coefficient (Wildman–Crippen LogP) is 2.57. The highest BCUT2D eigenvalue weighted by Crippen LogP contribution is 2.24. The molecule has 6 nitrogen and oxygen atoms in total. The fraction of sp³-hybridized carbons (Fsp3) is 0.0625. The fourth-order valence-electron chi connectivity index (χ4n) is 2.14. The molecule has 1 heterocycles. The van der Waals surface area contributed by atoms with Crippen LogP contribution in [0.5, 0.6) is 5.75 Å². The van der Waals surface area contributed by atoms with Crippen molar-refractivity contribution in [3.05, 3.63) is 65.1 Å². The molecule has 0 aliphatic carbocycles.